The Balaban J connectivity index is 1.32. The number of hydrogen-bond donors (Lipinski definition) is 5. The second kappa shape index (κ2) is 10.5. The molecule has 42 heavy (non-hydrogen) atoms. The van der Waals surface area contributed by atoms with Gasteiger partial charge in [0.05, 0.1) is 29.4 Å². The van der Waals surface area contributed by atoms with Gasteiger partial charge in [-0.25, -0.2) is 0 Å². The van der Waals surface area contributed by atoms with Gasteiger partial charge in [0.2, 0.25) is 5.91 Å². The number of fused-ring (bicyclic) bond motifs is 3. The van der Waals surface area contributed by atoms with Gasteiger partial charge in [-0.3, -0.25) is 14.5 Å². The number of nitrogens with two attached hydrogens (primary N) is 1. The number of benzene rings is 1. The molecule has 0 fully saturated rings. The Morgan fingerprint density at radius 3 is 2.60 bits per heavy atom. The third-order valence-electron chi connectivity index (χ3n) is 8.80. The summed E-state index contributed by atoms with van der Waals surface area (Å²) in [5.74, 6) is -0.685. The zero-order valence-corrected chi connectivity index (χ0v) is 23.7. The van der Waals surface area contributed by atoms with Gasteiger partial charge in [0.25, 0.3) is 0 Å². The van der Waals surface area contributed by atoms with E-state index in [1.807, 2.05) is 30.0 Å². The number of furan rings is 1. The molecule has 0 bridgehead atoms. The molecule has 3 aliphatic carbocycles. The number of nitrogens with one attached hydrogen (secondary N) is 1. The Morgan fingerprint density at radius 2 is 1.90 bits per heavy atom. The molecule has 0 saturated heterocycles. The monoisotopic (exact) mass is 574 g/mol. The van der Waals surface area contributed by atoms with Crippen LogP contribution in [-0.2, 0) is 24.3 Å². The average molecular weight is 575 g/mol. The zero-order valence-electron chi connectivity index (χ0n) is 23.7. The minimum Gasteiger partial charge on any atom is -0.512 e. The molecule has 0 spiro atoms. The fourth-order valence-corrected chi connectivity index (χ4v) is 7.01. The molecular formula is C31H34N4O7. The number of phenolic OH excluding ortho intramolecular Hbond substituents is 1. The number of nitrogens with zero attached hydrogens (tertiary/aromatic N) is 2. The van der Waals surface area contributed by atoms with Crippen LogP contribution < -0.4 is 11.1 Å². The van der Waals surface area contributed by atoms with E-state index >= 15 is 0 Å². The number of aromatic nitrogens is 1. The highest BCUT2D eigenvalue weighted by molar-refractivity contribution is 6.14. The Morgan fingerprint density at radius 1 is 1.12 bits per heavy atom. The standard InChI is InChI=1S/C31H34N4O7/c1-14-8-16(34-42-14)12-33-13-17-4-7-24(41-17)18-5-6-23(36)26-19(18)9-15-10-20-21(28(37)25(15)30(26)39)11-22(31(32)40)29(38)27(20)35(2)3/h4-8,15,20-21,27,33,36-38H,9-13H2,1-3H3,(H2,32,40)/t15?,20?,21?,27-/m0/s1. The maximum absolute atomic E-state index is 13.9. The minimum atomic E-state index is -0.749. The molecule has 1 amide bonds. The highest BCUT2D eigenvalue weighted by atomic mass is 16.5. The van der Waals surface area contributed by atoms with E-state index in [9.17, 15) is 24.9 Å². The third-order valence-corrected chi connectivity index (χ3v) is 8.80. The largest absolute Gasteiger partial charge is 0.512 e. The van der Waals surface area contributed by atoms with Gasteiger partial charge in [0.1, 0.15) is 34.5 Å². The normalized spacial score (nSPS) is 23.7. The lowest BCUT2D eigenvalue weighted by atomic mass is 9.61. The van der Waals surface area contributed by atoms with Crippen molar-refractivity contribution in [3.63, 3.8) is 0 Å². The second-order valence-corrected chi connectivity index (χ2v) is 11.7. The molecule has 3 unspecified atom stereocenters. The van der Waals surface area contributed by atoms with Crippen LogP contribution in [0.25, 0.3) is 11.3 Å². The predicted molar refractivity (Wildman–Crippen MR) is 151 cm³/mol. The molecular weight excluding hydrogens is 540 g/mol. The van der Waals surface area contributed by atoms with Gasteiger partial charge in [0, 0.05) is 29.7 Å². The van der Waals surface area contributed by atoms with E-state index in [0.717, 1.165) is 11.5 Å². The summed E-state index contributed by atoms with van der Waals surface area (Å²) in [6, 6.07) is 8.22. The summed E-state index contributed by atoms with van der Waals surface area (Å²) in [6.07, 6.45) is 0.933. The maximum atomic E-state index is 13.9. The minimum absolute atomic E-state index is 0.0455. The summed E-state index contributed by atoms with van der Waals surface area (Å²) in [5, 5.41) is 40.5. The van der Waals surface area contributed by atoms with Crippen molar-refractivity contribution in [3.8, 4) is 17.1 Å². The van der Waals surface area contributed by atoms with Crippen LogP contribution in [0.15, 0.2) is 61.9 Å². The van der Waals surface area contributed by atoms with E-state index in [-0.39, 0.29) is 52.2 Å². The summed E-state index contributed by atoms with van der Waals surface area (Å²) in [6.45, 7) is 2.80. The molecule has 3 aliphatic rings. The van der Waals surface area contributed by atoms with Crippen LogP contribution in [0.3, 0.4) is 0 Å². The first kappa shape index (κ1) is 27.8. The molecule has 3 aromatic rings. The highest BCUT2D eigenvalue weighted by Gasteiger charge is 2.50. The summed E-state index contributed by atoms with van der Waals surface area (Å²) in [7, 11) is 3.59. The van der Waals surface area contributed by atoms with E-state index < -0.39 is 23.7 Å². The Kier molecular flexibility index (Phi) is 6.94. The van der Waals surface area contributed by atoms with Gasteiger partial charge in [-0.15, -0.1) is 0 Å². The summed E-state index contributed by atoms with van der Waals surface area (Å²) in [4.78, 5) is 27.9. The molecule has 11 heteroatoms. The van der Waals surface area contributed by atoms with Crippen molar-refractivity contribution in [2.24, 2.45) is 23.5 Å². The molecule has 0 aliphatic heterocycles. The van der Waals surface area contributed by atoms with Gasteiger partial charge >= 0.3 is 0 Å². The number of rotatable bonds is 7. The molecule has 2 heterocycles. The number of carbonyl (C=O) groups excluding carboxylic acids is 2. The lowest BCUT2D eigenvalue weighted by molar-refractivity contribution is -0.115. The summed E-state index contributed by atoms with van der Waals surface area (Å²) < 4.78 is 11.2. The Labute approximate surface area is 242 Å². The van der Waals surface area contributed by atoms with Crippen molar-refractivity contribution in [2.75, 3.05) is 14.1 Å². The lowest BCUT2D eigenvalue weighted by Gasteiger charge is -2.47. The van der Waals surface area contributed by atoms with Crippen LogP contribution in [0, 0.1) is 24.7 Å². The number of likely N-dealkylation sites (N-methyl/N-ethyl adjacent to an activating group) is 1. The van der Waals surface area contributed by atoms with Crippen LogP contribution >= 0.6 is 0 Å². The molecule has 2 aromatic heterocycles. The Hall–Kier alpha value is -4.35. The number of aromatic hydroxyl groups is 1. The fourth-order valence-electron chi connectivity index (χ4n) is 7.01. The van der Waals surface area contributed by atoms with Crippen molar-refractivity contribution in [1.82, 2.24) is 15.4 Å². The van der Waals surface area contributed by atoms with Crippen molar-refractivity contribution in [1.29, 1.82) is 0 Å². The smallest absolute Gasteiger partial charge is 0.248 e. The summed E-state index contributed by atoms with van der Waals surface area (Å²) in [5.41, 5.74) is 8.17. The second-order valence-electron chi connectivity index (χ2n) is 11.7. The van der Waals surface area contributed by atoms with Crippen LogP contribution in [0.4, 0.5) is 0 Å². The average Bonchev–Trinajstić information content (AvgIpc) is 3.57. The van der Waals surface area contributed by atoms with Gasteiger partial charge < -0.3 is 35.3 Å². The number of amides is 1. The van der Waals surface area contributed by atoms with Crippen LogP contribution in [0.2, 0.25) is 0 Å². The topological polar surface area (TPSA) is 175 Å². The first-order valence-corrected chi connectivity index (χ1v) is 14.0. The molecule has 1 aromatic carbocycles. The zero-order chi connectivity index (χ0) is 29.9. The summed E-state index contributed by atoms with van der Waals surface area (Å²) >= 11 is 0. The van der Waals surface area contributed by atoms with Gasteiger partial charge in [-0.2, -0.15) is 0 Å². The number of carbonyl (C=O) groups is 2. The number of primary amides is 1. The molecule has 4 atom stereocenters. The van der Waals surface area contributed by atoms with E-state index in [2.05, 4.69) is 10.5 Å². The fraction of sp³-hybridized carbons (Fsp3) is 0.387. The maximum Gasteiger partial charge on any atom is 0.248 e. The quantitative estimate of drug-likeness (QED) is 0.280. The SMILES string of the molecule is Cc1cc(CNCc2ccc(-c3ccc(O)c4c3CC3CC5C(CC(C(N)=O)=C(O)[C@H]5N(C)C)C(O)=C3C4=O)o2)no1. The van der Waals surface area contributed by atoms with Crippen molar-refractivity contribution < 1.29 is 33.8 Å². The number of hydrogen-bond acceptors (Lipinski definition) is 10. The predicted octanol–water partition coefficient (Wildman–Crippen LogP) is 3.67. The van der Waals surface area contributed by atoms with Crippen LogP contribution in [-0.4, -0.2) is 57.2 Å². The molecule has 6 N–H and O–H groups in total. The van der Waals surface area contributed by atoms with Crippen molar-refractivity contribution >= 4 is 11.7 Å². The van der Waals surface area contributed by atoms with Crippen molar-refractivity contribution in [3.05, 3.63) is 81.3 Å². The van der Waals surface area contributed by atoms with Crippen LogP contribution in [0.5, 0.6) is 5.75 Å². The lowest BCUT2D eigenvalue weighted by Crippen LogP contribution is -2.49. The number of aryl methyl sites for hydroxylation is 1. The molecule has 0 radical (unpaired) electrons. The van der Waals surface area contributed by atoms with Crippen molar-refractivity contribution in [2.45, 2.75) is 45.3 Å². The molecule has 6 rings (SSSR count). The number of aliphatic hydroxyl groups is 2. The molecule has 0 saturated carbocycles. The number of allylic oxidation sites excluding steroid dienone is 2. The first-order chi connectivity index (χ1) is 20.0. The van der Waals surface area contributed by atoms with E-state index in [4.69, 9.17) is 14.7 Å². The Bertz CT molecular complexity index is 1650. The van der Waals surface area contributed by atoms with Gasteiger partial charge in [0.15, 0.2) is 5.78 Å². The van der Waals surface area contributed by atoms with Crippen LogP contribution in [0.1, 0.15) is 46.0 Å². The number of aliphatic hydroxyl groups excluding tert-OH is 2. The van der Waals surface area contributed by atoms with Gasteiger partial charge in [-0.05, 0) is 81.9 Å². The molecule has 220 valence electrons. The van der Waals surface area contributed by atoms with E-state index in [1.54, 1.807) is 20.2 Å². The van der Waals surface area contributed by atoms with Gasteiger partial charge in [-0.1, -0.05) is 5.16 Å². The number of Topliss-reactive ketones (excluding diaryl/α,β-unsaturated/α-hetero) is 1. The number of phenols is 1. The first-order valence-electron chi connectivity index (χ1n) is 14.0. The third kappa shape index (κ3) is 4.58. The van der Waals surface area contributed by atoms with E-state index in [1.165, 1.54) is 6.07 Å². The number of ketones is 1. The molecule has 11 nitrogen and oxygen atoms in total. The van der Waals surface area contributed by atoms with E-state index in [0.29, 0.717) is 48.6 Å². The highest BCUT2D eigenvalue weighted by Crippen LogP contribution is 2.52.